The minimum absolute atomic E-state index is 0.00672. The predicted octanol–water partition coefficient (Wildman–Crippen LogP) is 7.44. The zero-order valence-corrected chi connectivity index (χ0v) is 26.4. The van der Waals surface area contributed by atoms with E-state index in [1.807, 2.05) is 45.0 Å². The smallest absolute Gasteiger partial charge is 0.301 e. The summed E-state index contributed by atoms with van der Waals surface area (Å²) in [4.78, 5) is 33.9. The zero-order valence-electron chi connectivity index (χ0n) is 25.6. The van der Waals surface area contributed by atoms with Gasteiger partial charge in [0.25, 0.3) is 5.78 Å². The van der Waals surface area contributed by atoms with Gasteiger partial charge in [-0.2, -0.15) is 0 Å². The summed E-state index contributed by atoms with van der Waals surface area (Å²) in [7, 11) is 1.56. The maximum absolute atomic E-state index is 13.8. The molecular formula is C35H36N2O6S. The number of aryl methyl sites for hydroxylation is 2. The molecular weight excluding hydrogens is 576 g/mol. The molecule has 2 aliphatic heterocycles. The number of aromatic nitrogens is 1. The van der Waals surface area contributed by atoms with Gasteiger partial charge in [0.1, 0.15) is 17.6 Å². The number of unbranched alkanes of at least 4 members (excludes halogenated alkanes) is 2. The van der Waals surface area contributed by atoms with Crippen LogP contribution in [0.4, 0.5) is 5.13 Å². The maximum atomic E-state index is 13.8. The van der Waals surface area contributed by atoms with E-state index in [0.29, 0.717) is 40.8 Å². The van der Waals surface area contributed by atoms with Crippen LogP contribution in [0.1, 0.15) is 67.0 Å². The lowest BCUT2D eigenvalue weighted by atomic mass is 9.94. The minimum Gasteiger partial charge on any atom is -0.507 e. The van der Waals surface area contributed by atoms with Crippen LogP contribution in [0.25, 0.3) is 16.0 Å². The Hall–Kier alpha value is -4.37. The number of fused-ring (bicyclic) bond motifs is 2. The van der Waals surface area contributed by atoms with E-state index in [1.165, 1.54) is 16.2 Å². The van der Waals surface area contributed by atoms with E-state index in [0.717, 1.165) is 51.9 Å². The molecule has 0 spiro atoms. The number of rotatable bonds is 9. The van der Waals surface area contributed by atoms with Gasteiger partial charge in [0.2, 0.25) is 0 Å². The van der Waals surface area contributed by atoms with Crippen molar-refractivity contribution in [1.29, 1.82) is 0 Å². The number of ether oxygens (including phenoxy) is 3. The molecule has 1 saturated heterocycles. The van der Waals surface area contributed by atoms with Crippen molar-refractivity contribution in [2.45, 2.75) is 65.5 Å². The molecule has 2 aliphatic rings. The number of thiazole rings is 1. The summed E-state index contributed by atoms with van der Waals surface area (Å²) in [5.41, 5.74) is 4.81. The Bertz CT molecular complexity index is 1810. The summed E-state index contributed by atoms with van der Waals surface area (Å²) >= 11 is 1.35. The van der Waals surface area contributed by atoms with Crippen LogP contribution >= 0.6 is 11.3 Å². The average molecular weight is 613 g/mol. The van der Waals surface area contributed by atoms with E-state index in [9.17, 15) is 14.7 Å². The van der Waals surface area contributed by atoms with Crippen molar-refractivity contribution in [3.63, 3.8) is 0 Å². The second-order valence-electron chi connectivity index (χ2n) is 11.5. The molecule has 1 amide bonds. The molecule has 8 nitrogen and oxygen atoms in total. The number of methoxy groups -OCH3 is 1. The van der Waals surface area contributed by atoms with Crippen LogP contribution in [0.2, 0.25) is 0 Å². The third-order valence-electron chi connectivity index (χ3n) is 8.15. The second kappa shape index (κ2) is 12.0. The van der Waals surface area contributed by atoms with Crippen molar-refractivity contribution in [1.82, 2.24) is 4.98 Å². The molecule has 44 heavy (non-hydrogen) atoms. The van der Waals surface area contributed by atoms with Crippen LogP contribution in [-0.2, 0) is 16.0 Å². The zero-order chi connectivity index (χ0) is 31.1. The van der Waals surface area contributed by atoms with E-state index in [2.05, 4.69) is 6.92 Å². The minimum atomic E-state index is -0.941. The standard InChI is InChI=1S/C35H36N2O6S/c1-6-7-8-13-42-26-12-9-22(18-27(26)41-5)31-29(32(38)23-10-11-25-24(17-23)16-21(4)43-25)33(39)34(40)37(31)35-36-30-20(3)14-19(2)15-28(30)44-35/h9-12,14-15,17-18,21,31,38H,6-8,13,16H2,1-5H3/b32-29+/t21-,31+/m0/s1. The third kappa shape index (κ3) is 5.30. The topological polar surface area (TPSA) is 98.2 Å². The van der Waals surface area contributed by atoms with E-state index in [4.69, 9.17) is 19.2 Å². The van der Waals surface area contributed by atoms with E-state index >= 15 is 0 Å². The quantitative estimate of drug-likeness (QED) is 0.0908. The lowest BCUT2D eigenvalue weighted by molar-refractivity contribution is -0.132. The van der Waals surface area contributed by atoms with Gasteiger partial charge in [-0.25, -0.2) is 4.98 Å². The molecule has 0 radical (unpaired) electrons. The number of nitrogens with zero attached hydrogens (tertiary/aromatic N) is 2. The fourth-order valence-electron chi connectivity index (χ4n) is 6.04. The van der Waals surface area contributed by atoms with Gasteiger partial charge >= 0.3 is 5.91 Å². The van der Waals surface area contributed by atoms with Crippen LogP contribution < -0.4 is 19.1 Å². The molecule has 0 aliphatic carbocycles. The number of anilines is 1. The number of Topliss-reactive ketones (excluding diaryl/α,β-unsaturated/α-hetero) is 1. The first-order chi connectivity index (χ1) is 21.2. The third-order valence-corrected chi connectivity index (χ3v) is 9.15. The highest BCUT2D eigenvalue weighted by atomic mass is 32.1. The Morgan fingerprint density at radius 2 is 1.91 bits per heavy atom. The first-order valence-electron chi connectivity index (χ1n) is 15.0. The molecule has 1 N–H and O–H groups in total. The fraction of sp³-hybridized carbons (Fsp3) is 0.343. The summed E-state index contributed by atoms with van der Waals surface area (Å²) < 4.78 is 18.5. The molecule has 1 fully saturated rings. The molecule has 0 unspecified atom stereocenters. The number of hydrogen-bond acceptors (Lipinski definition) is 8. The summed E-state index contributed by atoms with van der Waals surface area (Å²) in [6.45, 7) is 8.66. The number of benzene rings is 3. The van der Waals surface area contributed by atoms with Crippen molar-refractivity contribution < 1.29 is 28.9 Å². The number of aliphatic hydroxyl groups excluding tert-OH is 1. The first kappa shape index (κ1) is 29.7. The number of hydrogen-bond donors (Lipinski definition) is 1. The highest BCUT2D eigenvalue weighted by molar-refractivity contribution is 7.22. The van der Waals surface area contributed by atoms with Gasteiger partial charge in [-0.1, -0.05) is 43.2 Å². The van der Waals surface area contributed by atoms with Crippen molar-refractivity contribution in [3.05, 3.63) is 81.9 Å². The molecule has 9 heteroatoms. The largest absolute Gasteiger partial charge is 0.507 e. The van der Waals surface area contributed by atoms with Crippen molar-refractivity contribution in [2.24, 2.45) is 0 Å². The van der Waals surface area contributed by atoms with Gasteiger partial charge in [-0.05, 0) is 85.8 Å². The number of ketones is 1. The first-order valence-corrected chi connectivity index (χ1v) is 15.8. The maximum Gasteiger partial charge on any atom is 0.301 e. The number of amides is 1. The number of carbonyl (C=O) groups is 2. The lowest BCUT2D eigenvalue weighted by Crippen LogP contribution is -2.29. The molecule has 2 atom stereocenters. The average Bonchev–Trinajstić information content (AvgIpc) is 3.67. The SMILES string of the molecule is CCCCCOc1ccc([C@@H]2/C(=C(\O)c3ccc4c(c3)C[C@H](C)O4)C(=O)C(=O)N2c2nc3c(C)cc(C)cc3s2)cc1OC. The van der Waals surface area contributed by atoms with Gasteiger partial charge < -0.3 is 19.3 Å². The number of aliphatic hydroxyl groups is 1. The lowest BCUT2D eigenvalue weighted by Gasteiger charge is -2.24. The summed E-state index contributed by atoms with van der Waals surface area (Å²) in [5.74, 6) is 0.0356. The van der Waals surface area contributed by atoms with Crippen LogP contribution in [0.3, 0.4) is 0 Å². The van der Waals surface area contributed by atoms with Gasteiger partial charge in [0.05, 0.1) is 35.5 Å². The van der Waals surface area contributed by atoms with Crippen LogP contribution in [-0.4, -0.2) is 41.6 Å². The van der Waals surface area contributed by atoms with Crippen LogP contribution in [0.5, 0.6) is 17.2 Å². The van der Waals surface area contributed by atoms with E-state index < -0.39 is 17.7 Å². The number of carbonyl (C=O) groups excluding carboxylic acids is 2. The Morgan fingerprint density at radius 3 is 2.68 bits per heavy atom. The Kier molecular flexibility index (Phi) is 8.07. The molecule has 0 saturated carbocycles. The van der Waals surface area contributed by atoms with Crippen molar-refractivity contribution >= 4 is 44.1 Å². The molecule has 6 rings (SSSR count). The molecule has 4 aromatic rings. The van der Waals surface area contributed by atoms with E-state index in [-0.39, 0.29) is 17.4 Å². The molecule has 0 bridgehead atoms. The molecule has 1 aromatic heterocycles. The predicted molar refractivity (Wildman–Crippen MR) is 172 cm³/mol. The van der Waals surface area contributed by atoms with Gasteiger partial charge in [-0.3, -0.25) is 14.5 Å². The van der Waals surface area contributed by atoms with Crippen LogP contribution in [0.15, 0.2) is 54.1 Å². The molecule has 3 heterocycles. The highest BCUT2D eigenvalue weighted by Gasteiger charge is 2.48. The van der Waals surface area contributed by atoms with Gasteiger partial charge in [0, 0.05) is 12.0 Å². The summed E-state index contributed by atoms with van der Waals surface area (Å²) in [6.07, 6.45) is 3.77. The Morgan fingerprint density at radius 1 is 1.09 bits per heavy atom. The van der Waals surface area contributed by atoms with E-state index in [1.54, 1.807) is 31.4 Å². The molecule has 228 valence electrons. The van der Waals surface area contributed by atoms with Crippen molar-refractivity contribution in [3.8, 4) is 17.2 Å². The summed E-state index contributed by atoms with van der Waals surface area (Å²) in [5, 5.41) is 12.1. The Balaban J connectivity index is 1.50. The normalized spacial score (nSPS) is 19.0. The van der Waals surface area contributed by atoms with Gasteiger partial charge in [0.15, 0.2) is 16.6 Å². The Labute approximate surface area is 260 Å². The highest BCUT2D eigenvalue weighted by Crippen LogP contribution is 2.46. The molecule has 3 aromatic carbocycles. The second-order valence-corrected chi connectivity index (χ2v) is 12.5. The monoisotopic (exact) mass is 612 g/mol. The summed E-state index contributed by atoms with van der Waals surface area (Å²) in [6, 6.07) is 13.8. The van der Waals surface area contributed by atoms with Crippen molar-refractivity contribution in [2.75, 3.05) is 18.6 Å². The fourth-order valence-corrected chi connectivity index (χ4v) is 7.21. The van der Waals surface area contributed by atoms with Crippen LogP contribution in [0, 0.1) is 13.8 Å². The van der Waals surface area contributed by atoms with Gasteiger partial charge in [-0.15, -0.1) is 0 Å².